The molecule has 1 aromatic heterocycles. The second-order valence-electron chi connectivity index (χ2n) is 4.23. The Kier molecular flexibility index (Phi) is 2.78. The van der Waals surface area contributed by atoms with Gasteiger partial charge in [-0.25, -0.2) is 0 Å². The molecular formula is C9H14N4O2. The van der Waals surface area contributed by atoms with Crippen molar-refractivity contribution in [3.05, 3.63) is 11.8 Å². The minimum atomic E-state index is -0.632. The Bertz CT molecular complexity index is 389. The number of nitrogens with one attached hydrogen (secondary N) is 2. The predicted molar refractivity (Wildman–Crippen MR) is 55.2 cm³/mol. The van der Waals surface area contributed by atoms with Crippen molar-refractivity contribution in [2.24, 2.45) is 11.1 Å². The maximum atomic E-state index is 11.6. The van der Waals surface area contributed by atoms with Gasteiger partial charge in [-0.3, -0.25) is 14.7 Å². The van der Waals surface area contributed by atoms with Crippen molar-refractivity contribution in [3.8, 4) is 0 Å². The molecule has 6 heteroatoms. The van der Waals surface area contributed by atoms with Crippen molar-refractivity contribution in [1.29, 1.82) is 0 Å². The lowest BCUT2D eigenvalue weighted by atomic mass is 9.96. The summed E-state index contributed by atoms with van der Waals surface area (Å²) in [6.07, 6.45) is 1.28. The molecule has 15 heavy (non-hydrogen) atoms. The number of rotatable bonds is 2. The number of hydrogen-bond donors (Lipinski definition) is 3. The average Bonchev–Trinajstić information content (AvgIpc) is 2.50. The van der Waals surface area contributed by atoms with Gasteiger partial charge < -0.3 is 11.1 Å². The van der Waals surface area contributed by atoms with E-state index in [1.54, 1.807) is 20.8 Å². The topological polar surface area (TPSA) is 101 Å². The molecule has 0 saturated carbocycles. The van der Waals surface area contributed by atoms with Crippen LogP contribution in [0.3, 0.4) is 0 Å². The SMILES string of the molecule is CC(C)(C)C(=O)Nc1[nH]ncc1C(N)=O. The monoisotopic (exact) mass is 210 g/mol. The zero-order valence-electron chi connectivity index (χ0n) is 8.92. The molecule has 0 aliphatic heterocycles. The molecule has 0 aliphatic carbocycles. The first-order chi connectivity index (χ1) is 6.82. The summed E-state index contributed by atoms with van der Waals surface area (Å²) in [7, 11) is 0. The summed E-state index contributed by atoms with van der Waals surface area (Å²) in [6, 6.07) is 0. The molecular weight excluding hydrogens is 196 g/mol. The summed E-state index contributed by atoms with van der Waals surface area (Å²) in [4.78, 5) is 22.5. The van der Waals surface area contributed by atoms with Crippen molar-refractivity contribution in [2.45, 2.75) is 20.8 Å². The van der Waals surface area contributed by atoms with Gasteiger partial charge in [0.05, 0.1) is 6.20 Å². The van der Waals surface area contributed by atoms with E-state index in [1.165, 1.54) is 6.20 Å². The Labute approximate surface area is 87.2 Å². The number of hydrogen-bond acceptors (Lipinski definition) is 3. The molecule has 1 aromatic rings. The average molecular weight is 210 g/mol. The lowest BCUT2D eigenvalue weighted by Gasteiger charge is -2.16. The van der Waals surface area contributed by atoms with Crippen LogP contribution < -0.4 is 11.1 Å². The number of carbonyl (C=O) groups is 2. The van der Waals surface area contributed by atoms with Crippen LogP contribution in [-0.4, -0.2) is 22.0 Å². The van der Waals surface area contributed by atoms with Crippen LogP contribution >= 0.6 is 0 Å². The number of carbonyl (C=O) groups excluding carboxylic acids is 2. The normalized spacial score (nSPS) is 11.1. The van der Waals surface area contributed by atoms with Gasteiger partial charge in [0, 0.05) is 5.41 Å². The highest BCUT2D eigenvalue weighted by Crippen LogP contribution is 2.17. The zero-order chi connectivity index (χ0) is 11.6. The fraction of sp³-hybridized carbons (Fsp3) is 0.444. The van der Waals surface area contributed by atoms with Crippen LogP contribution in [0.4, 0.5) is 5.82 Å². The van der Waals surface area contributed by atoms with Crippen LogP contribution in [0.2, 0.25) is 0 Å². The van der Waals surface area contributed by atoms with Gasteiger partial charge in [-0.1, -0.05) is 20.8 Å². The summed E-state index contributed by atoms with van der Waals surface area (Å²) in [5, 5.41) is 8.70. The highest BCUT2D eigenvalue weighted by atomic mass is 16.2. The smallest absolute Gasteiger partial charge is 0.254 e. The number of amides is 2. The molecule has 0 spiro atoms. The third-order valence-electron chi connectivity index (χ3n) is 1.82. The third kappa shape index (κ3) is 2.55. The lowest BCUT2D eigenvalue weighted by molar-refractivity contribution is -0.123. The number of primary amides is 1. The molecule has 0 fully saturated rings. The quantitative estimate of drug-likeness (QED) is 0.662. The Balaban J connectivity index is 2.86. The maximum Gasteiger partial charge on any atom is 0.254 e. The van der Waals surface area contributed by atoms with Crippen LogP contribution in [0.1, 0.15) is 31.1 Å². The van der Waals surface area contributed by atoms with E-state index in [0.717, 1.165) is 0 Å². The molecule has 1 heterocycles. The summed E-state index contributed by atoms with van der Waals surface area (Å²) < 4.78 is 0. The maximum absolute atomic E-state index is 11.6. The van der Waals surface area contributed by atoms with E-state index in [0.29, 0.717) is 0 Å². The highest BCUT2D eigenvalue weighted by molar-refractivity contribution is 6.02. The van der Waals surface area contributed by atoms with E-state index >= 15 is 0 Å². The number of H-pyrrole nitrogens is 1. The summed E-state index contributed by atoms with van der Waals surface area (Å²) in [5.74, 6) is -0.607. The Morgan fingerprint density at radius 2 is 2.07 bits per heavy atom. The first-order valence-corrected chi connectivity index (χ1v) is 4.47. The van der Waals surface area contributed by atoms with Gasteiger partial charge in [0.15, 0.2) is 0 Å². The van der Waals surface area contributed by atoms with Crippen molar-refractivity contribution in [2.75, 3.05) is 5.32 Å². The third-order valence-corrected chi connectivity index (χ3v) is 1.82. The lowest BCUT2D eigenvalue weighted by Crippen LogP contribution is -2.28. The Morgan fingerprint density at radius 3 is 2.53 bits per heavy atom. The number of nitrogens with two attached hydrogens (primary N) is 1. The van der Waals surface area contributed by atoms with Crippen LogP contribution in [0, 0.1) is 5.41 Å². The first-order valence-electron chi connectivity index (χ1n) is 4.47. The number of nitrogens with zero attached hydrogens (tertiary/aromatic N) is 1. The minimum Gasteiger partial charge on any atom is -0.365 e. The van der Waals surface area contributed by atoms with Crippen LogP contribution in [0.5, 0.6) is 0 Å². The molecule has 0 bridgehead atoms. The number of aromatic nitrogens is 2. The highest BCUT2D eigenvalue weighted by Gasteiger charge is 2.23. The molecule has 0 atom stereocenters. The fourth-order valence-electron chi connectivity index (χ4n) is 0.869. The van der Waals surface area contributed by atoms with Gasteiger partial charge in [-0.05, 0) is 0 Å². The first kappa shape index (κ1) is 11.2. The summed E-state index contributed by atoms with van der Waals surface area (Å²) in [5.41, 5.74) is 4.73. The van der Waals surface area contributed by atoms with E-state index in [1.807, 2.05) is 0 Å². The molecule has 0 aliphatic rings. The van der Waals surface area contributed by atoms with Gasteiger partial charge >= 0.3 is 0 Å². The van der Waals surface area contributed by atoms with E-state index in [9.17, 15) is 9.59 Å². The molecule has 0 saturated heterocycles. The Hall–Kier alpha value is -1.85. The minimum absolute atomic E-state index is 0.174. The molecule has 0 aromatic carbocycles. The Morgan fingerprint density at radius 1 is 1.47 bits per heavy atom. The number of anilines is 1. The van der Waals surface area contributed by atoms with Gasteiger partial charge in [0.1, 0.15) is 11.4 Å². The molecule has 6 nitrogen and oxygen atoms in total. The largest absolute Gasteiger partial charge is 0.365 e. The molecule has 2 amide bonds. The molecule has 82 valence electrons. The zero-order valence-corrected chi connectivity index (χ0v) is 8.92. The molecule has 1 rings (SSSR count). The van der Waals surface area contributed by atoms with Crippen LogP contribution in [0.25, 0.3) is 0 Å². The van der Waals surface area contributed by atoms with E-state index < -0.39 is 11.3 Å². The van der Waals surface area contributed by atoms with Crippen molar-refractivity contribution in [1.82, 2.24) is 10.2 Å². The fourth-order valence-corrected chi connectivity index (χ4v) is 0.869. The van der Waals surface area contributed by atoms with Crippen molar-refractivity contribution >= 4 is 17.6 Å². The molecule has 0 radical (unpaired) electrons. The van der Waals surface area contributed by atoms with E-state index in [-0.39, 0.29) is 17.3 Å². The van der Waals surface area contributed by atoms with Gasteiger partial charge in [-0.2, -0.15) is 5.10 Å². The second-order valence-corrected chi connectivity index (χ2v) is 4.23. The van der Waals surface area contributed by atoms with Crippen LogP contribution in [0.15, 0.2) is 6.20 Å². The summed E-state index contributed by atoms with van der Waals surface area (Å²) >= 11 is 0. The second kappa shape index (κ2) is 3.72. The van der Waals surface area contributed by atoms with Crippen LogP contribution in [-0.2, 0) is 4.79 Å². The van der Waals surface area contributed by atoms with Crippen molar-refractivity contribution < 1.29 is 9.59 Å². The van der Waals surface area contributed by atoms with E-state index in [2.05, 4.69) is 15.5 Å². The number of aromatic amines is 1. The van der Waals surface area contributed by atoms with Crippen molar-refractivity contribution in [3.63, 3.8) is 0 Å². The summed E-state index contributed by atoms with van der Waals surface area (Å²) in [6.45, 7) is 5.30. The van der Waals surface area contributed by atoms with E-state index in [4.69, 9.17) is 5.73 Å². The van der Waals surface area contributed by atoms with Gasteiger partial charge in [0.25, 0.3) is 5.91 Å². The van der Waals surface area contributed by atoms with Gasteiger partial charge in [0.2, 0.25) is 5.91 Å². The standard InChI is InChI=1S/C9H14N4O2/c1-9(2,3)8(15)12-7-5(6(10)14)4-11-13-7/h4H,1-3H3,(H2,10,14)(H2,11,12,13,15). The van der Waals surface area contributed by atoms with Gasteiger partial charge in [-0.15, -0.1) is 0 Å². The molecule has 0 unspecified atom stereocenters. The predicted octanol–water partition coefficient (Wildman–Crippen LogP) is 0.493. The molecule has 4 N–H and O–H groups in total.